The number of hydrogen-bond donors (Lipinski definition) is 0. The molecule has 1 nitrogen and oxygen atoms in total. The van der Waals surface area contributed by atoms with Crippen molar-refractivity contribution >= 4 is 0 Å². The van der Waals surface area contributed by atoms with Crippen molar-refractivity contribution in [1.82, 2.24) is 0 Å². The summed E-state index contributed by atoms with van der Waals surface area (Å²) in [6, 6.07) is 10.9. The molecular formula is C36H32F8O. The van der Waals surface area contributed by atoms with Gasteiger partial charge in [-0.1, -0.05) is 50.8 Å². The van der Waals surface area contributed by atoms with Crippen LogP contribution in [-0.4, -0.2) is 0 Å². The Morgan fingerprint density at radius 1 is 0.622 bits per heavy atom. The fraction of sp³-hybridized carbons (Fsp3) is 0.333. The Hall–Kier alpha value is -3.88. The zero-order valence-electron chi connectivity index (χ0n) is 24.6. The molecule has 45 heavy (non-hydrogen) atoms. The third-order valence-electron chi connectivity index (χ3n) is 8.59. The Morgan fingerprint density at radius 3 is 1.78 bits per heavy atom. The lowest BCUT2D eigenvalue weighted by atomic mass is 9.77. The molecule has 0 unspecified atom stereocenters. The molecule has 0 bridgehead atoms. The Kier molecular flexibility index (Phi) is 9.85. The second-order valence-corrected chi connectivity index (χ2v) is 11.7. The van der Waals surface area contributed by atoms with Crippen molar-refractivity contribution in [2.24, 2.45) is 5.92 Å². The Bertz CT molecular complexity index is 1640. The highest BCUT2D eigenvalue weighted by molar-refractivity contribution is 5.71. The van der Waals surface area contributed by atoms with Gasteiger partial charge in [0, 0.05) is 17.2 Å². The predicted octanol–water partition coefficient (Wildman–Crippen LogP) is 11.8. The zero-order valence-corrected chi connectivity index (χ0v) is 24.6. The molecule has 4 aromatic carbocycles. The molecule has 238 valence electrons. The van der Waals surface area contributed by atoms with Gasteiger partial charge >= 0.3 is 6.11 Å². The Labute approximate surface area is 256 Å². The van der Waals surface area contributed by atoms with E-state index in [0.29, 0.717) is 17.5 Å². The summed E-state index contributed by atoms with van der Waals surface area (Å²) < 4.78 is 121. The minimum Gasteiger partial charge on any atom is -0.429 e. The molecule has 0 saturated heterocycles. The molecule has 1 aliphatic rings. The van der Waals surface area contributed by atoms with Gasteiger partial charge in [-0.25, -0.2) is 26.3 Å². The lowest BCUT2D eigenvalue weighted by molar-refractivity contribution is -0.189. The van der Waals surface area contributed by atoms with Crippen LogP contribution in [0.1, 0.15) is 75.3 Å². The third kappa shape index (κ3) is 7.34. The first-order valence-electron chi connectivity index (χ1n) is 15.1. The highest BCUT2D eigenvalue weighted by atomic mass is 19.3. The summed E-state index contributed by atoms with van der Waals surface area (Å²) in [5.41, 5.74) is -1.40. The number of rotatable bonds is 10. The van der Waals surface area contributed by atoms with Gasteiger partial charge in [-0.2, -0.15) is 8.78 Å². The van der Waals surface area contributed by atoms with Crippen molar-refractivity contribution in [3.05, 3.63) is 113 Å². The fourth-order valence-corrected chi connectivity index (χ4v) is 6.15. The van der Waals surface area contributed by atoms with Gasteiger partial charge in [-0.3, -0.25) is 0 Å². The van der Waals surface area contributed by atoms with E-state index in [0.717, 1.165) is 87.4 Å². The van der Waals surface area contributed by atoms with Crippen LogP contribution in [-0.2, 0) is 6.11 Å². The number of unbranched alkanes of at least 4 members (excludes halogenated alkanes) is 2. The van der Waals surface area contributed by atoms with Crippen LogP contribution in [0.15, 0.2) is 66.7 Å². The first-order valence-corrected chi connectivity index (χ1v) is 15.1. The molecule has 0 aliphatic heterocycles. The first-order chi connectivity index (χ1) is 21.5. The average molecular weight is 633 g/mol. The normalized spacial score (nSPS) is 17.0. The molecule has 0 aromatic heterocycles. The molecule has 5 rings (SSSR count). The van der Waals surface area contributed by atoms with Gasteiger partial charge in [0.25, 0.3) is 0 Å². The summed E-state index contributed by atoms with van der Waals surface area (Å²) in [6.07, 6.45) is 3.41. The maximum Gasteiger partial charge on any atom is 0.432 e. The molecule has 0 radical (unpaired) electrons. The van der Waals surface area contributed by atoms with Crippen molar-refractivity contribution in [3.63, 3.8) is 0 Å². The smallest absolute Gasteiger partial charge is 0.429 e. The predicted molar refractivity (Wildman–Crippen MR) is 157 cm³/mol. The van der Waals surface area contributed by atoms with Crippen LogP contribution in [0.2, 0.25) is 0 Å². The molecule has 0 heterocycles. The van der Waals surface area contributed by atoms with Crippen molar-refractivity contribution in [2.45, 2.75) is 70.3 Å². The van der Waals surface area contributed by atoms with Crippen molar-refractivity contribution in [2.75, 3.05) is 0 Å². The fourth-order valence-electron chi connectivity index (χ4n) is 6.15. The van der Waals surface area contributed by atoms with E-state index in [1.807, 2.05) is 0 Å². The molecule has 1 fully saturated rings. The van der Waals surface area contributed by atoms with Crippen LogP contribution in [0.5, 0.6) is 5.75 Å². The molecule has 4 aromatic rings. The number of benzene rings is 4. The molecule has 0 spiro atoms. The molecule has 0 amide bonds. The average Bonchev–Trinajstić information content (AvgIpc) is 2.98. The second-order valence-electron chi connectivity index (χ2n) is 11.7. The van der Waals surface area contributed by atoms with E-state index in [2.05, 4.69) is 11.7 Å². The summed E-state index contributed by atoms with van der Waals surface area (Å²) in [6.45, 7) is 2.14. The van der Waals surface area contributed by atoms with Crippen LogP contribution in [0.3, 0.4) is 0 Å². The van der Waals surface area contributed by atoms with Crippen LogP contribution in [0.4, 0.5) is 35.1 Å². The second kappa shape index (κ2) is 13.6. The number of hydrogen-bond acceptors (Lipinski definition) is 1. The summed E-state index contributed by atoms with van der Waals surface area (Å²) in [5.74, 6) is -7.36. The van der Waals surface area contributed by atoms with Crippen LogP contribution in [0.25, 0.3) is 22.3 Å². The monoisotopic (exact) mass is 632 g/mol. The largest absolute Gasteiger partial charge is 0.432 e. The van der Waals surface area contributed by atoms with E-state index in [-0.39, 0.29) is 28.2 Å². The summed E-state index contributed by atoms with van der Waals surface area (Å²) in [5, 5.41) is 0. The SMILES string of the molecule is CCCCCC1CCC(c2cc(F)c(C(F)(F)Oc3ccc(-c4ccc(-c5ccc(F)c(F)c5)c(F)c4)c(F)c3)c(F)c2)CC1. The Balaban J connectivity index is 1.29. The van der Waals surface area contributed by atoms with E-state index in [9.17, 15) is 22.0 Å². The number of halogens is 8. The summed E-state index contributed by atoms with van der Waals surface area (Å²) in [4.78, 5) is 0. The molecule has 1 aliphatic carbocycles. The van der Waals surface area contributed by atoms with Crippen molar-refractivity contribution in [3.8, 4) is 28.0 Å². The molecule has 9 heteroatoms. The maximum atomic E-state index is 15.1. The standard InChI is InChI=1S/C36H32F8O/c1-2-3-4-5-21-6-8-22(9-7-21)25-18-33(41)35(34(42)19-25)36(43,44)45-26-12-14-28(31(39)20-26)23-10-13-27(30(38)16-23)24-11-15-29(37)32(40)17-24/h10-22H,2-9H2,1H3. The maximum absolute atomic E-state index is 15.1. The highest BCUT2D eigenvalue weighted by Gasteiger charge is 2.41. The van der Waals surface area contributed by atoms with Gasteiger partial charge in [0.05, 0.1) is 0 Å². The third-order valence-corrected chi connectivity index (χ3v) is 8.59. The minimum atomic E-state index is -4.46. The highest BCUT2D eigenvalue weighted by Crippen LogP contribution is 2.42. The molecule has 0 atom stereocenters. The lowest BCUT2D eigenvalue weighted by Gasteiger charge is -2.29. The lowest BCUT2D eigenvalue weighted by Crippen LogP contribution is -2.26. The quantitative estimate of drug-likeness (QED) is 0.125. The van der Waals surface area contributed by atoms with Gasteiger partial charge in [0.1, 0.15) is 34.6 Å². The molecule has 0 N–H and O–H groups in total. The molecular weight excluding hydrogens is 600 g/mol. The van der Waals surface area contributed by atoms with Gasteiger partial charge in [-0.15, -0.1) is 0 Å². The number of alkyl halides is 2. The van der Waals surface area contributed by atoms with E-state index >= 15 is 13.2 Å². The zero-order chi connectivity index (χ0) is 32.3. The molecule has 1 saturated carbocycles. The van der Waals surface area contributed by atoms with E-state index in [1.54, 1.807) is 0 Å². The Morgan fingerprint density at radius 2 is 1.20 bits per heavy atom. The van der Waals surface area contributed by atoms with Gasteiger partial charge in [-0.05, 0) is 96.7 Å². The van der Waals surface area contributed by atoms with E-state index in [1.165, 1.54) is 24.6 Å². The van der Waals surface area contributed by atoms with Gasteiger partial charge in [0.2, 0.25) is 0 Å². The summed E-state index contributed by atoms with van der Waals surface area (Å²) in [7, 11) is 0. The first kappa shape index (κ1) is 32.5. The van der Waals surface area contributed by atoms with Gasteiger partial charge < -0.3 is 4.74 Å². The minimum absolute atomic E-state index is 0.0253. The van der Waals surface area contributed by atoms with E-state index < -0.39 is 52.3 Å². The van der Waals surface area contributed by atoms with Crippen LogP contribution < -0.4 is 4.74 Å². The van der Waals surface area contributed by atoms with Crippen molar-refractivity contribution < 1.29 is 39.9 Å². The van der Waals surface area contributed by atoms with Crippen LogP contribution >= 0.6 is 0 Å². The topological polar surface area (TPSA) is 9.23 Å². The van der Waals surface area contributed by atoms with E-state index in [4.69, 9.17) is 0 Å². The van der Waals surface area contributed by atoms with Crippen LogP contribution in [0, 0.1) is 40.8 Å². The van der Waals surface area contributed by atoms with Gasteiger partial charge in [0.15, 0.2) is 11.6 Å². The van der Waals surface area contributed by atoms with Crippen molar-refractivity contribution in [1.29, 1.82) is 0 Å². The summed E-state index contributed by atoms with van der Waals surface area (Å²) >= 11 is 0. The number of ether oxygens (including phenoxy) is 1.